The van der Waals surface area contributed by atoms with Crippen molar-refractivity contribution in [2.45, 2.75) is 85.5 Å². The summed E-state index contributed by atoms with van der Waals surface area (Å²) in [4.78, 5) is 9.71. The van der Waals surface area contributed by atoms with E-state index < -0.39 is 0 Å². The number of rotatable bonds is 4. The van der Waals surface area contributed by atoms with Crippen LogP contribution in [0.1, 0.15) is 90.3 Å². The Morgan fingerprint density at radius 1 is 0.698 bits per heavy atom. The van der Waals surface area contributed by atoms with Crippen LogP contribution in [0.25, 0.3) is 49.5 Å². The largest absolute Gasteiger partial charge is 0.461 e. The minimum absolute atomic E-state index is 0.0199. The van der Waals surface area contributed by atoms with Crippen molar-refractivity contribution in [2.75, 3.05) is 9.71 Å². The number of hydrogen-bond acceptors (Lipinski definition) is 6. The fourth-order valence-electron chi connectivity index (χ4n) is 9.92. The van der Waals surface area contributed by atoms with Crippen molar-refractivity contribution >= 4 is 84.8 Å². The average molecular weight is 842 g/mol. The fourth-order valence-corrected chi connectivity index (χ4v) is 10.6. The highest BCUT2D eigenvalue weighted by molar-refractivity contribution is 7.16. The van der Waals surface area contributed by atoms with Gasteiger partial charge in [-0.2, -0.15) is 0 Å². The zero-order chi connectivity index (χ0) is 43.9. The third kappa shape index (κ3) is 6.07. The SMILES string of the molecule is C=C/C=C\c1c(C)oc2cc3c4c(c12)Oc1cc(C(C)(C)C)ccc1N4B1c2ccc(-c4ccc5ncsc5c4)cc2N(c2ccc(C(C)(C)C)cc2)c2cc(C(C)(C)C)cc-3c21. The van der Waals surface area contributed by atoms with Crippen LogP contribution in [-0.2, 0) is 16.2 Å². The van der Waals surface area contributed by atoms with Crippen LogP contribution < -0.4 is 25.4 Å². The number of hydrogen-bond donors (Lipinski definition) is 0. The van der Waals surface area contributed by atoms with Crippen LogP contribution in [0, 0.1) is 6.92 Å². The fraction of sp³-hybridized carbons (Fsp3) is 0.232. The summed E-state index contributed by atoms with van der Waals surface area (Å²) in [6.45, 7) is 26.5. The smallest absolute Gasteiger partial charge is 0.333 e. The summed E-state index contributed by atoms with van der Waals surface area (Å²) in [5.41, 5.74) is 21.1. The second-order valence-corrected chi connectivity index (χ2v) is 21.5. The van der Waals surface area contributed by atoms with E-state index in [1.165, 1.54) is 54.7 Å². The molecule has 7 heteroatoms. The Balaban J connectivity index is 1.27. The van der Waals surface area contributed by atoms with Gasteiger partial charge in [0, 0.05) is 28.2 Å². The number of furan rings is 1. The molecule has 0 saturated heterocycles. The quantitative estimate of drug-likeness (QED) is 0.130. The highest BCUT2D eigenvalue weighted by Crippen LogP contribution is 2.59. The van der Waals surface area contributed by atoms with Crippen molar-refractivity contribution in [2.24, 2.45) is 0 Å². The topological polar surface area (TPSA) is 41.7 Å². The van der Waals surface area contributed by atoms with Crippen molar-refractivity contribution in [1.29, 1.82) is 0 Å². The molecule has 312 valence electrons. The number of aromatic nitrogens is 1. The van der Waals surface area contributed by atoms with Crippen LogP contribution in [0.2, 0.25) is 0 Å². The van der Waals surface area contributed by atoms with Gasteiger partial charge in [-0.1, -0.05) is 130 Å². The van der Waals surface area contributed by atoms with Gasteiger partial charge in [0.1, 0.15) is 17.1 Å². The van der Waals surface area contributed by atoms with E-state index in [9.17, 15) is 0 Å². The van der Waals surface area contributed by atoms with Gasteiger partial charge >= 0.3 is 6.85 Å². The Morgan fingerprint density at radius 2 is 1.41 bits per heavy atom. The predicted molar refractivity (Wildman–Crippen MR) is 269 cm³/mol. The summed E-state index contributed by atoms with van der Waals surface area (Å²) in [5.74, 6) is 2.51. The molecule has 0 bridgehead atoms. The van der Waals surface area contributed by atoms with E-state index in [1.54, 1.807) is 11.3 Å². The number of benzene rings is 6. The van der Waals surface area contributed by atoms with Crippen LogP contribution in [0.5, 0.6) is 11.5 Å². The summed E-state index contributed by atoms with van der Waals surface area (Å²) < 4.78 is 15.2. The molecule has 0 spiro atoms. The number of anilines is 5. The lowest BCUT2D eigenvalue weighted by Gasteiger charge is -2.48. The molecule has 5 heterocycles. The molecule has 0 radical (unpaired) electrons. The Bertz CT molecular complexity index is 3260. The monoisotopic (exact) mass is 841 g/mol. The molecule has 0 fully saturated rings. The summed E-state index contributed by atoms with van der Waals surface area (Å²) in [6, 6.07) is 37.0. The number of fused-ring (bicyclic) bond motifs is 9. The van der Waals surface area contributed by atoms with Crippen LogP contribution in [0.3, 0.4) is 0 Å². The first-order chi connectivity index (χ1) is 30.0. The van der Waals surface area contributed by atoms with E-state index in [4.69, 9.17) is 9.15 Å². The maximum atomic E-state index is 7.31. The van der Waals surface area contributed by atoms with Crippen LogP contribution in [0.4, 0.5) is 28.4 Å². The maximum absolute atomic E-state index is 7.31. The molecule has 3 aliphatic rings. The maximum Gasteiger partial charge on any atom is 0.333 e. The van der Waals surface area contributed by atoms with Gasteiger partial charge in [0.25, 0.3) is 0 Å². The lowest BCUT2D eigenvalue weighted by Crippen LogP contribution is -2.62. The summed E-state index contributed by atoms with van der Waals surface area (Å²) in [7, 11) is 0. The summed E-state index contributed by atoms with van der Waals surface area (Å²) in [5, 5.41) is 0.974. The lowest BCUT2D eigenvalue weighted by molar-refractivity contribution is 0.479. The van der Waals surface area contributed by atoms with Crippen molar-refractivity contribution in [1.82, 2.24) is 4.98 Å². The van der Waals surface area contributed by atoms with Gasteiger partial charge in [-0.05, 0) is 122 Å². The minimum Gasteiger partial charge on any atom is -0.461 e. The van der Waals surface area contributed by atoms with Gasteiger partial charge < -0.3 is 18.9 Å². The Labute approximate surface area is 375 Å². The normalized spacial score (nSPS) is 14.2. The predicted octanol–water partition coefficient (Wildman–Crippen LogP) is 14.9. The van der Waals surface area contributed by atoms with Gasteiger partial charge in [0.15, 0.2) is 5.75 Å². The zero-order valence-corrected chi connectivity index (χ0v) is 38.7. The highest BCUT2D eigenvalue weighted by Gasteiger charge is 2.49. The molecule has 11 rings (SSSR count). The van der Waals surface area contributed by atoms with Gasteiger partial charge in [0.2, 0.25) is 0 Å². The third-order valence-corrected chi connectivity index (χ3v) is 14.2. The molecule has 2 aromatic heterocycles. The van der Waals surface area contributed by atoms with Crippen LogP contribution in [-0.4, -0.2) is 11.8 Å². The standard InChI is InChI=1S/C56H52BN3O2S/c1-12-13-14-39-32(2)61-48-30-41-40-27-37(56(9,10)11)28-46-51(40)57(60-44-24-19-36(55(6,7)8)29-47(44)62-53(50(39)48)52(41)60)42-22-15-33(34-16-23-43-49(26-34)63-31-58-43)25-45(42)59(46)38-20-17-35(18-21-38)54(3,4)5/h12-31H,1H2,2-11H3/b14-13-. The van der Waals surface area contributed by atoms with Crippen molar-refractivity contribution in [3.8, 4) is 33.8 Å². The van der Waals surface area contributed by atoms with Crippen LogP contribution >= 0.6 is 11.3 Å². The van der Waals surface area contributed by atoms with E-state index in [0.717, 1.165) is 67.6 Å². The Kier molecular flexibility index (Phi) is 8.53. The molecule has 0 atom stereocenters. The van der Waals surface area contributed by atoms with Gasteiger partial charge in [-0.15, -0.1) is 11.3 Å². The number of aryl methyl sites for hydroxylation is 1. The van der Waals surface area contributed by atoms with Crippen molar-refractivity contribution < 1.29 is 9.15 Å². The first-order valence-electron chi connectivity index (χ1n) is 22.1. The summed E-state index contributed by atoms with van der Waals surface area (Å²) in [6.07, 6.45) is 5.90. The minimum atomic E-state index is -0.172. The Morgan fingerprint density at radius 3 is 2.14 bits per heavy atom. The lowest BCUT2D eigenvalue weighted by atomic mass is 9.43. The average Bonchev–Trinajstić information content (AvgIpc) is 3.85. The molecule has 0 saturated carbocycles. The molecule has 8 aromatic rings. The number of ether oxygens (including phenoxy) is 1. The van der Waals surface area contributed by atoms with Gasteiger partial charge in [-0.25, -0.2) is 4.98 Å². The van der Waals surface area contributed by atoms with E-state index in [-0.39, 0.29) is 23.1 Å². The second-order valence-electron chi connectivity index (χ2n) is 20.6. The number of allylic oxidation sites excluding steroid dienone is 2. The first kappa shape index (κ1) is 39.5. The van der Waals surface area contributed by atoms with Gasteiger partial charge in [-0.3, -0.25) is 0 Å². The summed E-state index contributed by atoms with van der Waals surface area (Å²) >= 11 is 1.69. The molecule has 63 heavy (non-hydrogen) atoms. The van der Waals surface area contributed by atoms with Crippen LogP contribution in [0.15, 0.2) is 126 Å². The molecule has 0 aliphatic carbocycles. The Hall–Kier alpha value is -6.31. The van der Waals surface area contributed by atoms with Crippen molar-refractivity contribution in [3.63, 3.8) is 0 Å². The molecule has 0 unspecified atom stereocenters. The highest BCUT2D eigenvalue weighted by atomic mass is 32.1. The number of nitrogens with zero attached hydrogens (tertiary/aromatic N) is 3. The first-order valence-corrected chi connectivity index (χ1v) is 23.0. The van der Waals surface area contributed by atoms with E-state index >= 15 is 0 Å². The van der Waals surface area contributed by atoms with E-state index in [0.29, 0.717) is 0 Å². The molecular weight excluding hydrogens is 790 g/mol. The van der Waals surface area contributed by atoms with Crippen molar-refractivity contribution in [3.05, 3.63) is 149 Å². The van der Waals surface area contributed by atoms with E-state index in [2.05, 4.69) is 187 Å². The third-order valence-electron chi connectivity index (χ3n) is 13.4. The number of thiazole rings is 1. The zero-order valence-electron chi connectivity index (χ0n) is 37.9. The molecule has 3 aliphatic heterocycles. The second kappa shape index (κ2) is 13.6. The molecule has 0 N–H and O–H groups in total. The molecular formula is C56H52BN3O2S. The van der Waals surface area contributed by atoms with E-state index in [1.807, 2.05) is 24.6 Å². The molecule has 6 aromatic carbocycles. The molecule has 5 nitrogen and oxygen atoms in total. The molecule has 0 amide bonds. The van der Waals surface area contributed by atoms with Gasteiger partial charge in [0.05, 0.1) is 32.5 Å².